The molecule has 2 nitrogen and oxygen atoms in total. The minimum absolute atomic E-state index is 0.173. The second-order valence-corrected chi connectivity index (χ2v) is 8.13. The molecule has 1 saturated heterocycles. The van der Waals surface area contributed by atoms with Crippen molar-refractivity contribution in [3.05, 3.63) is 48.1 Å². The van der Waals surface area contributed by atoms with E-state index in [4.69, 9.17) is 0 Å². The maximum Gasteiger partial charge on any atom is 0.0584 e. The SMILES string of the molecule is C1=CC(C([C@H]2C=CCCC2)([C@H]2C=CCCC2)N2CCNCC2)=CCC1. The molecule has 1 N–H and O–H groups in total. The van der Waals surface area contributed by atoms with Crippen molar-refractivity contribution >= 4 is 0 Å². The van der Waals surface area contributed by atoms with Crippen molar-refractivity contribution in [3.63, 3.8) is 0 Å². The molecule has 4 aliphatic rings. The smallest absolute Gasteiger partial charge is 0.0584 e. The van der Waals surface area contributed by atoms with Gasteiger partial charge >= 0.3 is 0 Å². The zero-order valence-corrected chi connectivity index (χ0v) is 15.6. The van der Waals surface area contributed by atoms with Crippen molar-refractivity contribution in [2.45, 2.75) is 56.9 Å². The Balaban J connectivity index is 1.82. The summed E-state index contributed by atoms with van der Waals surface area (Å²) in [5.74, 6) is 1.31. The van der Waals surface area contributed by atoms with Gasteiger partial charge in [-0.25, -0.2) is 0 Å². The fourth-order valence-electron chi connectivity index (χ4n) is 5.66. The van der Waals surface area contributed by atoms with Gasteiger partial charge in [0.2, 0.25) is 0 Å². The van der Waals surface area contributed by atoms with E-state index in [1.807, 2.05) is 0 Å². The van der Waals surface area contributed by atoms with E-state index in [0.29, 0.717) is 11.8 Å². The second kappa shape index (κ2) is 8.05. The molecule has 0 aromatic carbocycles. The Bertz CT molecular complexity index is 539. The molecule has 0 amide bonds. The van der Waals surface area contributed by atoms with E-state index < -0.39 is 0 Å². The van der Waals surface area contributed by atoms with Crippen LogP contribution >= 0.6 is 0 Å². The number of allylic oxidation sites excluding steroid dienone is 4. The quantitative estimate of drug-likeness (QED) is 0.753. The minimum Gasteiger partial charge on any atom is -0.314 e. The number of hydrogen-bond donors (Lipinski definition) is 1. The highest BCUT2D eigenvalue weighted by Gasteiger charge is 2.50. The van der Waals surface area contributed by atoms with E-state index in [1.54, 1.807) is 5.57 Å². The minimum atomic E-state index is 0.173. The Morgan fingerprint density at radius 2 is 1.52 bits per heavy atom. The molecule has 0 aromatic rings. The topological polar surface area (TPSA) is 15.3 Å². The third kappa shape index (κ3) is 3.31. The lowest BCUT2D eigenvalue weighted by molar-refractivity contribution is 0.0253. The van der Waals surface area contributed by atoms with Crippen molar-refractivity contribution in [2.24, 2.45) is 11.8 Å². The maximum atomic E-state index is 3.58. The lowest BCUT2D eigenvalue weighted by Gasteiger charge is -2.56. The number of nitrogens with zero attached hydrogens (tertiary/aromatic N) is 1. The lowest BCUT2D eigenvalue weighted by atomic mass is 9.62. The molecule has 1 heterocycles. The summed E-state index contributed by atoms with van der Waals surface area (Å²) in [6, 6.07) is 0. The molecule has 1 aliphatic heterocycles. The van der Waals surface area contributed by atoms with Crippen LogP contribution in [0.2, 0.25) is 0 Å². The molecule has 0 radical (unpaired) electrons. The third-order valence-corrected chi connectivity index (χ3v) is 6.74. The van der Waals surface area contributed by atoms with Crippen LogP contribution in [0.4, 0.5) is 0 Å². The molecule has 0 unspecified atom stereocenters. The van der Waals surface area contributed by atoms with Gasteiger partial charge in [0.15, 0.2) is 0 Å². The molecule has 0 saturated carbocycles. The number of piperazine rings is 1. The molecule has 136 valence electrons. The lowest BCUT2D eigenvalue weighted by Crippen LogP contribution is -2.63. The van der Waals surface area contributed by atoms with Crippen molar-refractivity contribution in [1.29, 1.82) is 0 Å². The summed E-state index contributed by atoms with van der Waals surface area (Å²) >= 11 is 0. The summed E-state index contributed by atoms with van der Waals surface area (Å²) in [6.45, 7) is 4.62. The normalized spacial score (nSPS) is 31.1. The van der Waals surface area contributed by atoms with Crippen LogP contribution in [0.5, 0.6) is 0 Å². The molecule has 3 aliphatic carbocycles. The highest BCUT2D eigenvalue weighted by Crippen LogP contribution is 2.48. The molecule has 4 rings (SSSR count). The zero-order valence-electron chi connectivity index (χ0n) is 15.6. The fraction of sp³-hybridized carbons (Fsp3) is 0.652. The van der Waals surface area contributed by atoms with Crippen molar-refractivity contribution in [2.75, 3.05) is 26.2 Å². The first-order valence-electron chi connectivity index (χ1n) is 10.6. The Labute approximate surface area is 153 Å². The van der Waals surface area contributed by atoms with Crippen molar-refractivity contribution in [3.8, 4) is 0 Å². The van der Waals surface area contributed by atoms with Crippen LogP contribution in [0.3, 0.4) is 0 Å². The van der Waals surface area contributed by atoms with Crippen molar-refractivity contribution < 1.29 is 0 Å². The molecule has 0 spiro atoms. The summed E-state index contributed by atoms with van der Waals surface area (Å²) in [5, 5.41) is 3.58. The molecule has 25 heavy (non-hydrogen) atoms. The van der Waals surface area contributed by atoms with E-state index >= 15 is 0 Å². The van der Waals surface area contributed by atoms with E-state index in [-0.39, 0.29) is 5.54 Å². The van der Waals surface area contributed by atoms with E-state index in [1.165, 1.54) is 64.5 Å². The van der Waals surface area contributed by atoms with E-state index in [0.717, 1.165) is 13.1 Å². The first-order chi connectivity index (χ1) is 12.4. The van der Waals surface area contributed by atoms with Gasteiger partial charge in [-0.2, -0.15) is 0 Å². The molecular formula is C23H34N2. The summed E-state index contributed by atoms with van der Waals surface area (Å²) in [4.78, 5) is 2.87. The van der Waals surface area contributed by atoms with Gasteiger partial charge in [0, 0.05) is 26.2 Å². The van der Waals surface area contributed by atoms with Gasteiger partial charge in [0.1, 0.15) is 0 Å². The zero-order chi connectivity index (χ0) is 17.0. The number of hydrogen-bond acceptors (Lipinski definition) is 2. The highest BCUT2D eigenvalue weighted by atomic mass is 15.3. The molecule has 1 fully saturated rings. The summed E-state index contributed by atoms with van der Waals surface area (Å²) < 4.78 is 0. The highest BCUT2D eigenvalue weighted by molar-refractivity contribution is 5.40. The van der Waals surface area contributed by atoms with Crippen LogP contribution in [0.1, 0.15) is 51.4 Å². The van der Waals surface area contributed by atoms with Gasteiger partial charge in [-0.1, -0.05) is 42.5 Å². The second-order valence-electron chi connectivity index (χ2n) is 8.13. The van der Waals surface area contributed by atoms with Gasteiger partial charge in [-0.3, -0.25) is 4.90 Å². The summed E-state index contributed by atoms with van der Waals surface area (Å²) in [7, 11) is 0. The first kappa shape index (κ1) is 17.3. The van der Waals surface area contributed by atoms with Crippen LogP contribution in [0.15, 0.2) is 48.1 Å². The Kier molecular flexibility index (Phi) is 5.57. The van der Waals surface area contributed by atoms with E-state index in [2.05, 4.69) is 52.7 Å². The molecule has 0 bridgehead atoms. The Morgan fingerprint density at radius 3 is 2.04 bits per heavy atom. The maximum absolute atomic E-state index is 3.58. The monoisotopic (exact) mass is 338 g/mol. The van der Waals surface area contributed by atoms with Crippen molar-refractivity contribution in [1.82, 2.24) is 10.2 Å². The van der Waals surface area contributed by atoms with Gasteiger partial charge in [0.25, 0.3) is 0 Å². The average Bonchev–Trinajstić information content (AvgIpc) is 2.72. The van der Waals surface area contributed by atoms with Gasteiger partial charge in [-0.15, -0.1) is 0 Å². The largest absolute Gasteiger partial charge is 0.314 e. The fourth-order valence-corrected chi connectivity index (χ4v) is 5.66. The standard InChI is InChI=1S/C23H34N2/c1-4-10-20(11-5-1)23(21-12-6-2-7-13-21,22-14-8-3-9-15-22)25-18-16-24-17-19-25/h4,6,8,10-12,14,21-22,24H,1-3,5,7,9,13,15-19H2/t21-,22-/m0/s1. The van der Waals surface area contributed by atoms with Gasteiger partial charge in [0.05, 0.1) is 5.54 Å². The Morgan fingerprint density at radius 1 is 0.840 bits per heavy atom. The Hall–Kier alpha value is -1.12. The number of rotatable bonds is 4. The molecular weight excluding hydrogens is 304 g/mol. The predicted octanol–water partition coefficient (Wildman–Crippen LogP) is 4.62. The van der Waals surface area contributed by atoms with Crippen LogP contribution in [-0.2, 0) is 0 Å². The first-order valence-corrected chi connectivity index (χ1v) is 10.6. The number of nitrogens with one attached hydrogen (secondary N) is 1. The predicted molar refractivity (Wildman–Crippen MR) is 107 cm³/mol. The molecule has 2 heteroatoms. The third-order valence-electron chi connectivity index (χ3n) is 6.74. The molecule has 0 aromatic heterocycles. The van der Waals surface area contributed by atoms with Gasteiger partial charge in [-0.05, 0) is 68.8 Å². The summed E-state index contributed by atoms with van der Waals surface area (Å²) in [5.41, 5.74) is 1.79. The average molecular weight is 339 g/mol. The van der Waals surface area contributed by atoms with E-state index in [9.17, 15) is 0 Å². The van der Waals surface area contributed by atoms with Gasteiger partial charge < -0.3 is 5.32 Å². The molecule has 2 atom stereocenters. The van der Waals surface area contributed by atoms with Crippen LogP contribution in [0, 0.1) is 11.8 Å². The van der Waals surface area contributed by atoms with Crippen LogP contribution < -0.4 is 5.32 Å². The van der Waals surface area contributed by atoms with Crippen LogP contribution in [-0.4, -0.2) is 36.6 Å². The van der Waals surface area contributed by atoms with Crippen LogP contribution in [0.25, 0.3) is 0 Å². The summed E-state index contributed by atoms with van der Waals surface area (Å²) in [6.07, 6.45) is 27.9.